The van der Waals surface area contributed by atoms with E-state index in [-0.39, 0.29) is 18.6 Å². The number of amides is 1. The van der Waals surface area contributed by atoms with Crippen molar-refractivity contribution in [1.29, 1.82) is 0 Å². The standard InChI is InChI=1S/C13H23NO4/c1-3-8-5-10(11(6-8)13(17)18)12(16)14-9(4-2)7-15/h8-11,15H,3-7H2,1-2H3,(H,14,16)(H,17,18)/t8?,9?,10-,11+/m0/s1. The maximum absolute atomic E-state index is 12.1. The lowest BCUT2D eigenvalue weighted by Gasteiger charge is -2.20. The topological polar surface area (TPSA) is 86.6 Å². The highest BCUT2D eigenvalue weighted by Gasteiger charge is 2.42. The Balaban J connectivity index is 2.67. The van der Waals surface area contributed by atoms with Gasteiger partial charge in [-0.3, -0.25) is 9.59 Å². The lowest BCUT2D eigenvalue weighted by Crippen LogP contribution is -2.42. The number of hydrogen-bond acceptors (Lipinski definition) is 3. The van der Waals surface area contributed by atoms with E-state index in [1.807, 2.05) is 13.8 Å². The maximum atomic E-state index is 12.1. The van der Waals surface area contributed by atoms with E-state index in [4.69, 9.17) is 10.2 Å². The van der Waals surface area contributed by atoms with Crippen LogP contribution >= 0.6 is 0 Å². The summed E-state index contributed by atoms with van der Waals surface area (Å²) >= 11 is 0. The number of aliphatic hydroxyl groups is 1. The zero-order chi connectivity index (χ0) is 13.7. The number of carbonyl (C=O) groups excluding carboxylic acids is 1. The molecule has 0 bridgehead atoms. The van der Waals surface area contributed by atoms with E-state index in [0.29, 0.717) is 25.2 Å². The molecule has 5 heteroatoms. The van der Waals surface area contributed by atoms with Crippen molar-refractivity contribution in [2.24, 2.45) is 17.8 Å². The first-order chi connectivity index (χ1) is 8.53. The molecule has 1 aliphatic rings. The van der Waals surface area contributed by atoms with E-state index in [1.54, 1.807) is 0 Å². The highest BCUT2D eigenvalue weighted by atomic mass is 16.4. The summed E-state index contributed by atoms with van der Waals surface area (Å²) in [5.41, 5.74) is 0. The van der Waals surface area contributed by atoms with Gasteiger partial charge in [0.15, 0.2) is 0 Å². The molecule has 0 aromatic carbocycles. The summed E-state index contributed by atoms with van der Waals surface area (Å²) in [7, 11) is 0. The molecule has 0 radical (unpaired) electrons. The first kappa shape index (κ1) is 15.0. The van der Waals surface area contributed by atoms with Gasteiger partial charge in [0.25, 0.3) is 0 Å². The van der Waals surface area contributed by atoms with Gasteiger partial charge in [-0.2, -0.15) is 0 Å². The van der Waals surface area contributed by atoms with E-state index in [2.05, 4.69) is 5.32 Å². The molecular formula is C13H23NO4. The van der Waals surface area contributed by atoms with Crippen LogP contribution in [-0.4, -0.2) is 34.7 Å². The van der Waals surface area contributed by atoms with Crippen LogP contribution in [0.15, 0.2) is 0 Å². The van der Waals surface area contributed by atoms with Crippen LogP contribution in [-0.2, 0) is 9.59 Å². The summed E-state index contributed by atoms with van der Waals surface area (Å²) in [4.78, 5) is 23.2. The monoisotopic (exact) mass is 257 g/mol. The SMILES string of the molecule is CCC1C[C@H](C(=O)NC(CC)CO)[C@H](C(=O)O)C1. The minimum atomic E-state index is -0.886. The quantitative estimate of drug-likeness (QED) is 0.663. The van der Waals surface area contributed by atoms with Gasteiger partial charge >= 0.3 is 5.97 Å². The molecule has 0 spiro atoms. The van der Waals surface area contributed by atoms with Gasteiger partial charge in [-0.05, 0) is 25.2 Å². The summed E-state index contributed by atoms with van der Waals surface area (Å²) in [5, 5.41) is 21.0. The van der Waals surface area contributed by atoms with E-state index < -0.39 is 17.8 Å². The number of aliphatic carboxylic acids is 1. The predicted octanol–water partition coefficient (Wildman–Crippen LogP) is 1.01. The van der Waals surface area contributed by atoms with Crippen LogP contribution in [0.3, 0.4) is 0 Å². The van der Waals surface area contributed by atoms with Crippen molar-refractivity contribution in [2.75, 3.05) is 6.61 Å². The minimum Gasteiger partial charge on any atom is -0.481 e. The first-order valence-corrected chi connectivity index (χ1v) is 6.67. The van der Waals surface area contributed by atoms with Crippen LogP contribution in [0.2, 0.25) is 0 Å². The molecule has 0 aliphatic heterocycles. The van der Waals surface area contributed by atoms with Gasteiger partial charge < -0.3 is 15.5 Å². The lowest BCUT2D eigenvalue weighted by molar-refractivity contribution is -0.146. The molecule has 0 saturated heterocycles. The maximum Gasteiger partial charge on any atom is 0.307 e. The second kappa shape index (κ2) is 6.73. The molecule has 0 aromatic heterocycles. The summed E-state index contributed by atoms with van der Waals surface area (Å²) in [5.74, 6) is -1.82. The highest BCUT2D eigenvalue weighted by Crippen LogP contribution is 2.38. The average molecular weight is 257 g/mol. The molecule has 4 atom stereocenters. The lowest BCUT2D eigenvalue weighted by atomic mass is 9.95. The van der Waals surface area contributed by atoms with Crippen molar-refractivity contribution in [3.05, 3.63) is 0 Å². The number of carbonyl (C=O) groups is 2. The number of hydrogen-bond donors (Lipinski definition) is 3. The largest absolute Gasteiger partial charge is 0.481 e. The number of aliphatic hydroxyl groups excluding tert-OH is 1. The van der Waals surface area contributed by atoms with Crippen LogP contribution in [0.1, 0.15) is 39.5 Å². The fourth-order valence-corrected chi connectivity index (χ4v) is 2.62. The molecule has 1 aliphatic carbocycles. The van der Waals surface area contributed by atoms with Crippen LogP contribution in [0, 0.1) is 17.8 Å². The van der Waals surface area contributed by atoms with Crippen LogP contribution in [0.4, 0.5) is 0 Å². The zero-order valence-electron chi connectivity index (χ0n) is 11.1. The Hall–Kier alpha value is -1.10. The van der Waals surface area contributed by atoms with Crippen LogP contribution in [0.25, 0.3) is 0 Å². The fourth-order valence-electron chi connectivity index (χ4n) is 2.62. The van der Waals surface area contributed by atoms with Crippen LogP contribution < -0.4 is 5.32 Å². The first-order valence-electron chi connectivity index (χ1n) is 6.67. The van der Waals surface area contributed by atoms with Crippen molar-refractivity contribution in [3.8, 4) is 0 Å². The number of rotatable bonds is 6. The molecular weight excluding hydrogens is 234 g/mol. The summed E-state index contributed by atoms with van der Waals surface area (Å²) in [6.07, 6.45) is 2.77. The fraction of sp³-hybridized carbons (Fsp3) is 0.846. The minimum absolute atomic E-state index is 0.107. The smallest absolute Gasteiger partial charge is 0.307 e. The van der Waals surface area contributed by atoms with Crippen molar-refractivity contribution >= 4 is 11.9 Å². The molecule has 104 valence electrons. The van der Waals surface area contributed by atoms with Gasteiger partial charge in [0.1, 0.15) is 0 Å². The third-order valence-electron chi connectivity index (χ3n) is 3.95. The molecule has 1 amide bonds. The molecule has 5 nitrogen and oxygen atoms in total. The molecule has 1 saturated carbocycles. The predicted molar refractivity (Wildman–Crippen MR) is 66.9 cm³/mol. The summed E-state index contributed by atoms with van der Waals surface area (Å²) in [6.45, 7) is 3.79. The third kappa shape index (κ3) is 3.45. The molecule has 3 N–H and O–H groups in total. The second-order valence-electron chi connectivity index (χ2n) is 5.09. The van der Waals surface area contributed by atoms with Crippen LogP contribution in [0.5, 0.6) is 0 Å². The Labute approximate surface area is 108 Å². The van der Waals surface area contributed by atoms with E-state index in [1.165, 1.54) is 0 Å². The van der Waals surface area contributed by atoms with Gasteiger partial charge in [-0.15, -0.1) is 0 Å². The van der Waals surface area contributed by atoms with E-state index in [9.17, 15) is 9.59 Å². The van der Waals surface area contributed by atoms with Gasteiger partial charge in [0, 0.05) is 0 Å². The third-order valence-corrected chi connectivity index (χ3v) is 3.95. The molecule has 2 unspecified atom stereocenters. The Morgan fingerprint density at radius 3 is 2.33 bits per heavy atom. The summed E-state index contributed by atoms with van der Waals surface area (Å²) in [6, 6.07) is -0.271. The van der Waals surface area contributed by atoms with Gasteiger partial charge in [0.2, 0.25) is 5.91 Å². The van der Waals surface area contributed by atoms with Crippen molar-refractivity contribution in [2.45, 2.75) is 45.6 Å². The van der Waals surface area contributed by atoms with Gasteiger partial charge in [0.05, 0.1) is 24.5 Å². The van der Waals surface area contributed by atoms with Gasteiger partial charge in [-0.1, -0.05) is 20.3 Å². The van der Waals surface area contributed by atoms with Crippen molar-refractivity contribution < 1.29 is 19.8 Å². The Morgan fingerprint density at radius 1 is 1.28 bits per heavy atom. The van der Waals surface area contributed by atoms with Gasteiger partial charge in [-0.25, -0.2) is 0 Å². The van der Waals surface area contributed by atoms with Crippen molar-refractivity contribution in [3.63, 3.8) is 0 Å². The zero-order valence-corrected chi connectivity index (χ0v) is 11.1. The van der Waals surface area contributed by atoms with E-state index in [0.717, 1.165) is 6.42 Å². The Morgan fingerprint density at radius 2 is 1.89 bits per heavy atom. The second-order valence-corrected chi connectivity index (χ2v) is 5.09. The Kier molecular flexibility index (Phi) is 5.59. The molecule has 0 heterocycles. The molecule has 18 heavy (non-hydrogen) atoms. The normalized spacial score (nSPS) is 28.9. The molecule has 0 aromatic rings. The summed E-state index contributed by atoms with van der Waals surface area (Å²) < 4.78 is 0. The number of carboxylic acids is 1. The number of carboxylic acid groups (broad SMARTS) is 1. The molecule has 1 fully saturated rings. The van der Waals surface area contributed by atoms with Crippen molar-refractivity contribution in [1.82, 2.24) is 5.32 Å². The number of nitrogens with one attached hydrogen (secondary N) is 1. The highest BCUT2D eigenvalue weighted by molar-refractivity contribution is 5.85. The molecule has 1 rings (SSSR count). The van der Waals surface area contributed by atoms with E-state index >= 15 is 0 Å². The Bertz CT molecular complexity index is 301. The average Bonchev–Trinajstić information content (AvgIpc) is 2.80.